The highest BCUT2D eigenvalue weighted by molar-refractivity contribution is 14.0. The molecule has 0 fully saturated rings. The van der Waals surface area contributed by atoms with Crippen LogP contribution in [0.2, 0.25) is 0 Å². The van der Waals surface area contributed by atoms with Gasteiger partial charge in [0, 0.05) is 32.0 Å². The van der Waals surface area contributed by atoms with E-state index in [0.717, 1.165) is 48.1 Å². The molecule has 0 saturated heterocycles. The summed E-state index contributed by atoms with van der Waals surface area (Å²) in [5.41, 5.74) is 5.55. The molecule has 8 heteroatoms. The van der Waals surface area contributed by atoms with Crippen LogP contribution in [0, 0.1) is 13.8 Å². The molecule has 1 aromatic carbocycles. The molecule has 2 aromatic heterocycles. The number of guanidine groups is 1. The van der Waals surface area contributed by atoms with E-state index in [9.17, 15) is 0 Å². The molecule has 3 rings (SSSR count). The lowest BCUT2D eigenvalue weighted by atomic mass is 10.2. The van der Waals surface area contributed by atoms with Gasteiger partial charge in [-0.15, -0.1) is 24.0 Å². The van der Waals surface area contributed by atoms with Crippen LogP contribution < -0.4 is 10.6 Å². The highest BCUT2D eigenvalue weighted by Crippen LogP contribution is 2.17. The minimum absolute atomic E-state index is 0. The van der Waals surface area contributed by atoms with Crippen LogP contribution in [0.4, 0.5) is 0 Å². The summed E-state index contributed by atoms with van der Waals surface area (Å²) >= 11 is 0. The zero-order valence-electron chi connectivity index (χ0n) is 17.5. The van der Waals surface area contributed by atoms with E-state index in [1.165, 1.54) is 5.56 Å². The smallest absolute Gasteiger partial charge is 0.191 e. The molecule has 0 amide bonds. The fourth-order valence-corrected chi connectivity index (χ4v) is 3.16. The van der Waals surface area contributed by atoms with Gasteiger partial charge in [0.2, 0.25) is 0 Å². The van der Waals surface area contributed by atoms with E-state index in [2.05, 4.69) is 52.9 Å². The van der Waals surface area contributed by atoms with Gasteiger partial charge < -0.3 is 10.6 Å². The van der Waals surface area contributed by atoms with Crippen molar-refractivity contribution in [2.24, 2.45) is 12.0 Å². The second-order valence-electron chi connectivity index (χ2n) is 6.86. The summed E-state index contributed by atoms with van der Waals surface area (Å²) < 4.78 is 3.81. The molecule has 0 saturated carbocycles. The second-order valence-corrected chi connectivity index (χ2v) is 6.86. The van der Waals surface area contributed by atoms with Gasteiger partial charge in [0.05, 0.1) is 24.1 Å². The largest absolute Gasteiger partial charge is 0.357 e. The molecule has 156 valence electrons. The lowest BCUT2D eigenvalue weighted by Gasteiger charge is -2.13. The molecule has 2 heterocycles. The summed E-state index contributed by atoms with van der Waals surface area (Å²) in [6.07, 6.45) is 4.84. The molecular formula is C21H30IN7. The molecule has 0 aliphatic carbocycles. The monoisotopic (exact) mass is 507 g/mol. The third kappa shape index (κ3) is 6.31. The summed E-state index contributed by atoms with van der Waals surface area (Å²) in [7, 11) is 1.93. The number of benzene rings is 1. The summed E-state index contributed by atoms with van der Waals surface area (Å²) in [6.45, 7) is 8.36. The highest BCUT2D eigenvalue weighted by atomic mass is 127. The van der Waals surface area contributed by atoms with Crippen molar-refractivity contribution in [3.05, 3.63) is 65.2 Å². The number of nitrogens with zero attached hydrogens (tertiary/aromatic N) is 5. The highest BCUT2D eigenvalue weighted by Gasteiger charge is 2.08. The quantitative estimate of drug-likeness (QED) is 0.293. The molecule has 0 aliphatic heterocycles. The van der Waals surface area contributed by atoms with E-state index in [4.69, 9.17) is 4.99 Å². The topological polar surface area (TPSA) is 72.1 Å². The molecule has 2 N–H and O–H groups in total. The van der Waals surface area contributed by atoms with Gasteiger partial charge >= 0.3 is 0 Å². The molecule has 0 aliphatic rings. The van der Waals surface area contributed by atoms with E-state index < -0.39 is 0 Å². The van der Waals surface area contributed by atoms with E-state index in [1.54, 1.807) is 0 Å². The van der Waals surface area contributed by atoms with Crippen LogP contribution in [0.3, 0.4) is 0 Å². The van der Waals surface area contributed by atoms with Crippen molar-refractivity contribution in [3.8, 4) is 5.69 Å². The Balaban J connectivity index is 0.00000300. The van der Waals surface area contributed by atoms with Crippen LogP contribution in [-0.4, -0.2) is 38.6 Å². The molecule has 7 nitrogen and oxygen atoms in total. The number of aliphatic imine (C=N–C) groups is 1. The Morgan fingerprint density at radius 2 is 1.97 bits per heavy atom. The van der Waals surface area contributed by atoms with Crippen molar-refractivity contribution in [2.45, 2.75) is 33.7 Å². The van der Waals surface area contributed by atoms with Crippen LogP contribution in [0.15, 0.2) is 47.7 Å². The van der Waals surface area contributed by atoms with Gasteiger partial charge in [-0.05, 0) is 50.5 Å². The van der Waals surface area contributed by atoms with Crippen LogP contribution in [0.1, 0.15) is 29.4 Å². The third-order valence-electron chi connectivity index (χ3n) is 4.45. The molecule has 0 bridgehead atoms. The van der Waals surface area contributed by atoms with E-state index in [0.29, 0.717) is 6.54 Å². The molecule has 0 atom stereocenters. The Bertz CT molecular complexity index is 942. The standard InChI is InChI=1S/C21H29N7.HI/c1-5-22-21(23-11-10-18-13-25-27(4)15-18)24-14-19-8-6-7-9-20(19)28-17(3)12-16(2)26-28;/h6-9,12-13,15H,5,10-11,14H2,1-4H3,(H2,22,23,24);1H. The molecule has 0 unspecified atom stereocenters. The minimum atomic E-state index is 0. The van der Waals surface area contributed by atoms with Crippen LogP contribution in [0.25, 0.3) is 5.69 Å². The zero-order chi connectivity index (χ0) is 19.9. The number of hydrogen-bond acceptors (Lipinski definition) is 3. The first kappa shape index (κ1) is 22.9. The lowest BCUT2D eigenvalue weighted by Crippen LogP contribution is -2.38. The molecule has 3 aromatic rings. The first-order chi connectivity index (χ1) is 13.6. The maximum absolute atomic E-state index is 4.78. The summed E-state index contributed by atoms with van der Waals surface area (Å²) in [6, 6.07) is 10.4. The van der Waals surface area contributed by atoms with Crippen molar-refractivity contribution in [3.63, 3.8) is 0 Å². The van der Waals surface area contributed by atoms with Crippen LogP contribution >= 0.6 is 24.0 Å². The first-order valence-electron chi connectivity index (χ1n) is 9.68. The Hall–Kier alpha value is -2.36. The van der Waals surface area contributed by atoms with Crippen molar-refractivity contribution in [2.75, 3.05) is 13.1 Å². The lowest BCUT2D eigenvalue weighted by molar-refractivity contribution is 0.764. The predicted molar refractivity (Wildman–Crippen MR) is 128 cm³/mol. The third-order valence-corrected chi connectivity index (χ3v) is 4.45. The van der Waals surface area contributed by atoms with E-state index in [1.807, 2.05) is 47.9 Å². The van der Waals surface area contributed by atoms with Gasteiger partial charge in [-0.25, -0.2) is 9.67 Å². The average Bonchev–Trinajstić information content (AvgIpc) is 3.24. The number of aryl methyl sites for hydroxylation is 3. The minimum Gasteiger partial charge on any atom is -0.357 e. The van der Waals surface area contributed by atoms with Crippen molar-refractivity contribution in [1.29, 1.82) is 0 Å². The Kier molecular flexibility index (Phi) is 8.69. The number of para-hydroxylation sites is 1. The fourth-order valence-electron chi connectivity index (χ4n) is 3.16. The normalized spacial score (nSPS) is 11.2. The first-order valence-corrected chi connectivity index (χ1v) is 9.68. The van der Waals surface area contributed by atoms with E-state index in [-0.39, 0.29) is 24.0 Å². The number of halogens is 1. The van der Waals surface area contributed by atoms with Gasteiger partial charge in [0.25, 0.3) is 0 Å². The van der Waals surface area contributed by atoms with Crippen molar-refractivity contribution < 1.29 is 0 Å². The SMILES string of the molecule is CCNC(=NCc1ccccc1-n1nc(C)cc1C)NCCc1cnn(C)c1.I. The molecular weight excluding hydrogens is 477 g/mol. The molecule has 29 heavy (non-hydrogen) atoms. The van der Waals surface area contributed by atoms with Gasteiger partial charge in [0.15, 0.2) is 5.96 Å². The summed E-state index contributed by atoms with van der Waals surface area (Å²) in [4.78, 5) is 4.78. The van der Waals surface area contributed by atoms with Gasteiger partial charge in [-0.1, -0.05) is 18.2 Å². The number of nitrogens with one attached hydrogen (secondary N) is 2. The van der Waals surface area contributed by atoms with Crippen LogP contribution in [0.5, 0.6) is 0 Å². The number of aromatic nitrogens is 4. The average molecular weight is 507 g/mol. The predicted octanol–water partition coefficient (Wildman–Crippen LogP) is 3.14. The maximum atomic E-state index is 4.78. The molecule has 0 spiro atoms. The van der Waals surface area contributed by atoms with Gasteiger partial charge in [-0.2, -0.15) is 10.2 Å². The zero-order valence-corrected chi connectivity index (χ0v) is 19.8. The summed E-state index contributed by atoms with van der Waals surface area (Å²) in [5, 5.41) is 15.5. The van der Waals surface area contributed by atoms with Gasteiger partial charge in [0.1, 0.15) is 0 Å². The second kappa shape index (κ2) is 11.0. The van der Waals surface area contributed by atoms with Crippen molar-refractivity contribution >= 4 is 29.9 Å². The van der Waals surface area contributed by atoms with Crippen molar-refractivity contribution in [1.82, 2.24) is 30.2 Å². The Morgan fingerprint density at radius 1 is 1.17 bits per heavy atom. The van der Waals surface area contributed by atoms with Gasteiger partial charge in [-0.3, -0.25) is 4.68 Å². The van der Waals surface area contributed by atoms with Crippen LogP contribution in [-0.2, 0) is 20.0 Å². The maximum Gasteiger partial charge on any atom is 0.191 e. The number of hydrogen-bond donors (Lipinski definition) is 2. The Labute approximate surface area is 189 Å². The molecule has 0 radical (unpaired) electrons. The Morgan fingerprint density at radius 3 is 2.62 bits per heavy atom. The number of rotatable bonds is 7. The summed E-state index contributed by atoms with van der Waals surface area (Å²) in [5.74, 6) is 0.814. The fraction of sp³-hybridized carbons (Fsp3) is 0.381. The van der Waals surface area contributed by atoms with E-state index >= 15 is 0 Å².